The van der Waals surface area contributed by atoms with Gasteiger partial charge in [-0.05, 0) is 30.7 Å². The SMILES string of the molecule is CCCOc1ccc(C#CCCO)cc1. The van der Waals surface area contributed by atoms with Gasteiger partial charge in [0.15, 0.2) is 0 Å². The van der Waals surface area contributed by atoms with Crippen LogP contribution in [0.2, 0.25) is 0 Å². The van der Waals surface area contributed by atoms with Crippen molar-refractivity contribution >= 4 is 0 Å². The molecule has 0 unspecified atom stereocenters. The first kappa shape index (κ1) is 11.6. The molecule has 0 aromatic heterocycles. The Morgan fingerprint density at radius 3 is 2.60 bits per heavy atom. The minimum atomic E-state index is 0.116. The zero-order valence-corrected chi connectivity index (χ0v) is 8.99. The molecule has 0 spiro atoms. The summed E-state index contributed by atoms with van der Waals surface area (Å²) < 4.78 is 5.45. The van der Waals surface area contributed by atoms with E-state index in [9.17, 15) is 0 Å². The monoisotopic (exact) mass is 204 g/mol. The van der Waals surface area contributed by atoms with E-state index < -0.39 is 0 Å². The van der Waals surface area contributed by atoms with E-state index in [1.54, 1.807) is 0 Å². The second kappa shape index (κ2) is 6.92. The fourth-order valence-electron chi connectivity index (χ4n) is 1.07. The Hall–Kier alpha value is -1.46. The highest BCUT2D eigenvalue weighted by atomic mass is 16.5. The van der Waals surface area contributed by atoms with Gasteiger partial charge < -0.3 is 9.84 Å². The first-order valence-electron chi connectivity index (χ1n) is 5.19. The third kappa shape index (κ3) is 4.53. The standard InChI is InChI=1S/C13H16O2/c1-2-11-15-13-8-6-12(7-9-13)5-3-4-10-14/h6-9,14H,2,4,10-11H2,1H3. The van der Waals surface area contributed by atoms with Gasteiger partial charge in [0.25, 0.3) is 0 Å². The van der Waals surface area contributed by atoms with Crippen LogP contribution < -0.4 is 4.74 Å². The summed E-state index contributed by atoms with van der Waals surface area (Å²) in [7, 11) is 0. The van der Waals surface area contributed by atoms with Gasteiger partial charge in [0.05, 0.1) is 13.2 Å². The fraction of sp³-hybridized carbons (Fsp3) is 0.385. The molecule has 0 radical (unpaired) electrons. The summed E-state index contributed by atoms with van der Waals surface area (Å²) in [4.78, 5) is 0. The van der Waals surface area contributed by atoms with Crippen LogP contribution in [-0.4, -0.2) is 18.3 Å². The molecule has 1 aromatic rings. The molecule has 1 rings (SSSR count). The number of rotatable bonds is 4. The molecule has 0 aliphatic heterocycles. The number of aliphatic hydroxyl groups excluding tert-OH is 1. The van der Waals surface area contributed by atoms with Crippen molar-refractivity contribution in [2.75, 3.05) is 13.2 Å². The van der Waals surface area contributed by atoms with Gasteiger partial charge in [0.2, 0.25) is 0 Å². The van der Waals surface area contributed by atoms with Crippen LogP contribution >= 0.6 is 0 Å². The predicted octanol–water partition coefficient (Wildman–Crippen LogP) is 2.21. The molecule has 15 heavy (non-hydrogen) atoms. The van der Waals surface area contributed by atoms with E-state index in [-0.39, 0.29) is 6.61 Å². The number of benzene rings is 1. The predicted molar refractivity (Wildman–Crippen MR) is 60.8 cm³/mol. The smallest absolute Gasteiger partial charge is 0.119 e. The van der Waals surface area contributed by atoms with Gasteiger partial charge in [-0.15, -0.1) is 0 Å². The third-order valence-electron chi connectivity index (χ3n) is 1.80. The van der Waals surface area contributed by atoms with Crippen LogP contribution in [0.3, 0.4) is 0 Å². The molecule has 80 valence electrons. The summed E-state index contributed by atoms with van der Waals surface area (Å²) in [5.41, 5.74) is 0.951. The van der Waals surface area contributed by atoms with E-state index in [1.165, 1.54) is 0 Å². The Kier molecular flexibility index (Phi) is 5.35. The lowest BCUT2D eigenvalue weighted by atomic mass is 10.2. The van der Waals surface area contributed by atoms with Crippen molar-refractivity contribution in [2.24, 2.45) is 0 Å². The molecular formula is C13H16O2. The molecular weight excluding hydrogens is 188 g/mol. The van der Waals surface area contributed by atoms with E-state index in [4.69, 9.17) is 9.84 Å². The Morgan fingerprint density at radius 2 is 2.00 bits per heavy atom. The molecule has 0 bridgehead atoms. The van der Waals surface area contributed by atoms with Crippen molar-refractivity contribution in [1.82, 2.24) is 0 Å². The fourth-order valence-corrected chi connectivity index (χ4v) is 1.07. The van der Waals surface area contributed by atoms with Crippen molar-refractivity contribution in [1.29, 1.82) is 0 Å². The van der Waals surface area contributed by atoms with Gasteiger partial charge in [-0.25, -0.2) is 0 Å². The largest absolute Gasteiger partial charge is 0.494 e. The molecule has 2 heteroatoms. The minimum absolute atomic E-state index is 0.116. The van der Waals surface area contributed by atoms with Gasteiger partial charge in [-0.3, -0.25) is 0 Å². The molecule has 1 N–H and O–H groups in total. The maximum absolute atomic E-state index is 8.56. The average Bonchev–Trinajstić information content (AvgIpc) is 2.28. The Balaban J connectivity index is 2.53. The molecule has 0 amide bonds. The molecule has 0 heterocycles. The van der Waals surface area contributed by atoms with Crippen molar-refractivity contribution in [3.63, 3.8) is 0 Å². The van der Waals surface area contributed by atoms with Crippen molar-refractivity contribution in [2.45, 2.75) is 19.8 Å². The topological polar surface area (TPSA) is 29.5 Å². The normalized spacial score (nSPS) is 9.20. The average molecular weight is 204 g/mol. The van der Waals surface area contributed by atoms with Gasteiger partial charge in [-0.2, -0.15) is 0 Å². The number of ether oxygens (including phenoxy) is 1. The molecule has 0 aliphatic carbocycles. The van der Waals surface area contributed by atoms with Crippen LogP contribution in [0, 0.1) is 11.8 Å². The molecule has 0 saturated carbocycles. The van der Waals surface area contributed by atoms with Crippen molar-refractivity contribution in [3.05, 3.63) is 29.8 Å². The lowest BCUT2D eigenvalue weighted by Crippen LogP contribution is -1.94. The summed E-state index contributed by atoms with van der Waals surface area (Å²) in [6.07, 6.45) is 1.53. The van der Waals surface area contributed by atoms with E-state index >= 15 is 0 Å². The maximum atomic E-state index is 8.56. The minimum Gasteiger partial charge on any atom is -0.494 e. The maximum Gasteiger partial charge on any atom is 0.119 e. The Labute approximate surface area is 90.9 Å². The number of aliphatic hydroxyl groups is 1. The van der Waals surface area contributed by atoms with E-state index in [1.807, 2.05) is 24.3 Å². The lowest BCUT2D eigenvalue weighted by Gasteiger charge is -2.03. The lowest BCUT2D eigenvalue weighted by molar-refractivity contribution is 0.305. The molecule has 0 aliphatic rings. The molecule has 1 aromatic carbocycles. The number of hydrogen-bond donors (Lipinski definition) is 1. The van der Waals surface area contributed by atoms with Gasteiger partial charge >= 0.3 is 0 Å². The van der Waals surface area contributed by atoms with Crippen LogP contribution in [0.1, 0.15) is 25.3 Å². The molecule has 0 saturated heterocycles. The summed E-state index contributed by atoms with van der Waals surface area (Å²) >= 11 is 0. The van der Waals surface area contributed by atoms with Crippen LogP contribution in [0.25, 0.3) is 0 Å². The zero-order chi connectivity index (χ0) is 10.9. The van der Waals surface area contributed by atoms with Crippen molar-refractivity contribution in [3.8, 4) is 17.6 Å². The molecule has 0 atom stereocenters. The molecule has 2 nitrogen and oxygen atoms in total. The van der Waals surface area contributed by atoms with Gasteiger partial charge in [0, 0.05) is 12.0 Å². The number of hydrogen-bond acceptors (Lipinski definition) is 2. The van der Waals surface area contributed by atoms with Crippen molar-refractivity contribution < 1.29 is 9.84 Å². The summed E-state index contributed by atoms with van der Waals surface area (Å²) in [6.45, 7) is 2.94. The van der Waals surface area contributed by atoms with Crippen LogP contribution in [0.4, 0.5) is 0 Å². The van der Waals surface area contributed by atoms with E-state index in [0.717, 1.165) is 24.3 Å². The van der Waals surface area contributed by atoms with Crippen LogP contribution in [0.15, 0.2) is 24.3 Å². The van der Waals surface area contributed by atoms with E-state index in [2.05, 4.69) is 18.8 Å². The quantitative estimate of drug-likeness (QED) is 0.762. The Morgan fingerprint density at radius 1 is 1.27 bits per heavy atom. The van der Waals surface area contributed by atoms with Gasteiger partial charge in [-0.1, -0.05) is 18.8 Å². The Bertz CT molecular complexity index is 330. The second-order valence-corrected chi connectivity index (χ2v) is 3.15. The summed E-state index contributed by atoms with van der Waals surface area (Å²) in [5, 5.41) is 8.56. The highest BCUT2D eigenvalue weighted by Crippen LogP contribution is 2.11. The summed E-state index contributed by atoms with van der Waals surface area (Å²) in [5.74, 6) is 6.72. The second-order valence-electron chi connectivity index (χ2n) is 3.15. The molecule has 0 fully saturated rings. The van der Waals surface area contributed by atoms with E-state index in [0.29, 0.717) is 6.42 Å². The first-order chi connectivity index (χ1) is 7.36. The van der Waals surface area contributed by atoms with Crippen LogP contribution in [-0.2, 0) is 0 Å². The van der Waals surface area contributed by atoms with Gasteiger partial charge in [0.1, 0.15) is 5.75 Å². The zero-order valence-electron chi connectivity index (χ0n) is 8.99. The highest BCUT2D eigenvalue weighted by Gasteiger charge is 1.91. The third-order valence-corrected chi connectivity index (χ3v) is 1.80. The first-order valence-corrected chi connectivity index (χ1v) is 5.19. The van der Waals surface area contributed by atoms with Crippen LogP contribution in [0.5, 0.6) is 5.75 Å². The highest BCUT2D eigenvalue weighted by molar-refractivity contribution is 5.38. The summed E-state index contributed by atoms with van der Waals surface area (Å²) in [6, 6.07) is 7.68.